The number of nitrogens with zero attached hydrogens (tertiary/aromatic N) is 2. The SMILES string of the molecule is COc1ccccc1C(=O)N(NC(=O)Cc1ccccc1)C1CC(=O)N(c2cccc(Cl)c2)C1=O. The van der Waals surface area contributed by atoms with Crippen molar-refractivity contribution in [1.82, 2.24) is 10.4 Å². The minimum Gasteiger partial charge on any atom is -0.496 e. The molecule has 4 rings (SSSR count). The number of imide groups is 1. The van der Waals surface area contributed by atoms with Crippen molar-refractivity contribution in [2.45, 2.75) is 18.9 Å². The Kier molecular flexibility index (Phi) is 7.12. The third kappa shape index (κ3) is 5.17. The molecule has 1 unspecified atom stereocenters. The van der Waals surface area contributed by atoms with Crippen molar-refractivity contribution in [2.24, 2.45) is 0 Å². The Bertz CT molecular complexity index is 1280. The number of halogens is 1. The van der Waals surface area contributed by atoms with Gasteiger partial charge < -0.3 is 4.74 Å². The molecule has 3 aromatic rings. The second-order valence-electron chi connectivity index (χ2n) is 7.84. The zero-order valence-corrected chi connectivity index (χ0v) is 19.6. The first-order valence-corrected chi connectivity index (χ1v) is 11.2. The molecule has 1 N–H and O–H groups in total. The van der Waals surface area contributed by atoms with Crippen molar-refractivity contribution < 1.29 is 23.9 Å². The summed E-state index contributed by atoms with van der Waals surface area (Å²) in [5.74, 6) is -2.09. The number of ether oxygens (including phenoxy) is 1. The maximum absolute atomic E-state index is 13.6. The van der Waals surface area contributed by atoms with E-state index in [0.29, 0.717) is 5.02 Å². The van der Waals surface area contributed by atoms with Crippen LogP contribution in [0.25, 0.3) is 0 Å². The van der Waals surface area contributed by atoms with E-state index in [-0.39, 0.29) is 29.8 Å². The van der Waals surface area contributed by atoms with Crippen molar-refractivity contribution in [1.29, 1.82) is 0 Å². The van der Waals surface area contributed by atoms with Crippen molar-refractivity contribution in [3.63, 3.8) is 0 Å². The van der Waals surface area contributed by atoms with Crippen LogP contribution in [-0.2, 0) is 20.8 Å². The van der Waals surface area contributed by atoms with Crippen molar-refractivity contribution in [3.05, 3.63) is 95.0 Å². The Morgan fingerprint density at radius 3 is 2.46 bits per heavy atom. The Hall–Kier alpha value is -4.17. The van der Waals surface area contributed by atoms with Crippen LogP contribution in [0.5, 0.6) is 5.75 Å². The molecule has 1 aliphatic rings. The molecule has 0 radical (unpaired) electrons. The van der Waals surface area contributed by atoms with Crippen LogP contribution >= 0.6 is 11.6 Å². The van der Waals surface area contributed by atoms with Crippen LogP contribution in [0.3, 0.4) is 0 Å². The largest absolute Gasteiger partial charge is 0.496 e. The molecule has 8 nitrogen and oxygen atoms in total. The van der Waals surface area contributed by atoms with Gasteiger partial charge >= 0.3 is 0 Å². The smallest absolute Gasteiger partial charge is 0.276 e. The average Bonchev–Trinajstić information content (AvgIpc) is 3.16. The lowest BCUT2D eigenvalue weighted by Gasteiger charge is -2.28. The number of methoxy groups -OCH3 is 1. The van der Waals surface area contributed by atoms with Crippen LogP contribution < -0.4 is 15.1 Å². The van der Waals surface area contributed by atoms with E-state index in [0.717, 1.165) is 15.5 Å². The maximum atomic E-state index is 13.6. The zero-order valence-electron chi connectivity index (χ0n) is 18.8. The van der Waals surface area contributed by atoms with Gasteiger partial charge in [-0.15, -0.1) is 0 Å². The number of nitrogens with one attached hydrogen (secondary N) is 1. The molecule has 1 fully saturated rings. The first-order chi connectivity index (χ1) is 16.9. The molecule has 1 saturated heterocycles. The third-order valence-electron chi connectivity index (χ3n) is 5.51. The van der Waals surface area contributed by atoms with E-state index < -0.39 is 29.7 Å². The Morgan fingerprint density at radius 1 is 1.03 bits per heavy atom. The molecule has 1 aliphatic heterocycles. The molecule has 35 heavy (non-hydrogen) atoms. The predicted octanol–water partition coefficient (Wildman–Crippen LogP) is 3.40. The minimum atomic E-state index is -1.25. The third-order valence-corrected chi connectivity index (χ3v) is 5.74. The number of amides is 4. The lowest BCUT2D eigenvalue weighted by molar-refractivity contribution is -0.128. The van der Waals surface area contributed by atoms with Gasteiger partial charge in [0.2, 0.25) is 11.8 Å². The van der Waals surface area contributed by atoms with E-state index in [1.807, 2.05) is 6.07 Å². The van der Waals surface area contributed by atoms with Gasteiger partial charge in [-0.05, 0) is 35.9 Å². The van der Waals surface area contributed by atoms with Gasteiger partial charge in [0, 0.05) is 5.02 Å². The number of anilines is 1. The summed E-state index contributed by atoms with van der Waals surface area (Å²) >= 11 is 6.04. The fourth-order valence-electron chi connectivity index (χ4n) is 3.88. The summed E-state index contributed by atoms with van der Waals surface area (Å²) in [6.45, 7) is 0. The van der Waals surface area contributed by atoms with Gasteiger partial charge in [-0.1, -0.05) is 60.1 Å². The first-order valence-electron chi connectivity index (χ1n) is 10.8. The number of carbonyl (C=O) groups excluding carboxylic acids is 4. The van der Waals surface area contributed by atoms with E-state index in [9.17, 15) is 19.2 Å². The standard InChI is InChI=1S/C26H22ClN3O5/c1-35-22-13-6-5-12-20(22)25(33)30(28-23(31)14-17-8-3-2-4-9-17)21-16-24(32)29(26(21)34)19-11-7-10-18(27)15-19/h2-13,15,21H,14,16H2,1H3,(H,28,31). The van der Waals surface area contributed by atoms with Crippen molar-refractivity contribution in [3.8, 4) is 5.75 Å². The van der Waals surface area contributed by atoms with Gasteiger partial charge in [-0.25, -0.2) is 9.91 Å². The molecule has 3 aromatic carbocycles. The highest BCUT2D eigenvalue weighted by molar-refractivity contribution is 6.31. The van der Waals surface area contributed by atoms with Gasteiger partial charge in [-0.3, -0.25) is 24.6 Å². The van der Waals surface area contributed by atoms with E-state index in [4.69, 9.17) is 16.3 Å². The molecule has 0 bridgehead atoms. The summed E-state index contributed by atoms with van der Waals surface area (Å²) < 4.78 is 5.29. The maximum Gasteiger partial charge on any atom is 0.276 e. The number of rotatable bonds is 6. The molecule has 0 aliphatic carbocycles. The monoisotopic (exact) mass is 491 g/mol. The normalized spacial score (nSPS) is 15.1. The molecule has 4 amide bonds. The highest BCUT2D eigenvalue weighted by Gasteiger charge is 2.45. The van der Waals surface area contributed by atoms with Crippen LogP contribution in [0.1, 0.15) is 22.3 Å². The van der Waals surface area contributed by atoms with Gasteiger partial charge in [0.1, 0.15) is 11.8 Å². The number of hydrazine groups is 1. The summed E-state index contributed by atoms with van der Waals surface area (Å²) in [7, 11) is 1.41. The molecule has 1 heterocycles. The van der Waals surface area contributed by atoms with E-state index in [2.05, 4.69) is 5.43 Å². The average molecular weight is 492 g/mol. The summed E-state index contributed by atoms with van der Waals surface area (Å²) in [6, 6.07) is 20.5. The van der Waals surface area contributed by atoms with Gasteiger partial charge in [0.25, 0.3) is 11.8 Å². The molecular formula is C26H22ClN3O5. The lowest BCUT2D eigenvalue weighted by atomic mass is 10.1. The quantitative estimate of drug-likeness (QED) is 0.421. The van der Waals surface area contributed by atoms with Gasteiger partial charge in [-0.2, -0.15) is 0 Å². The number of hydrogen-bond donors (Lipinski definition) is 1. The summed E-state index contributed by atoms with van der Waals surface area (Å²) in [6.07, 6.45) is -0.332. The van der Waals surface area contributed by atoms with E-state index >= 15 is 0 Å². The highest BCUT2D eigenvalue weighted by atomic mass is 35.5. The van der Waals surface area contributed by atoms with Gasteiger partial charge in [0.15, 0.2) is 0 Å². The second kappa shape index (κ2) is 10.4. The molecule has 0 aromatic heterocycles. The van der Waals surface area contributed by atoms with Crippen LogP contribution in [0.15, 0.2) is 78.9 Å². The van der Waals surface area contributed by atoms with Gasteiger partial charge in [0.05, 0.1) is 31.2 Å². The fraction of sp³-hybridized carbons (Fsp3) is 0.154. The Balaban J connectivity index is 1.67. The number of carbonyl (C=O) groups is 4. The van der Waals surface area contributed by atoms with Crippen LogP contribution in [-0.4, -0.2) is 41.8 Å². The highest BCUT2D eigenvalue weighted by Crippen LogP contribution is 2.29. The molecule has 178 valence electrons. The lowest BCUT2D eigenvalue weighted by Crippen LogP contribution is -2.55. The van der Waals surface area contributed by atoms with E-state index in [1.165, 1.54) is 19.2 Å². The molecule has 1 atom stereocenters. The molecule has 9 heteroatoms. The predicted molar refractivity (Wildman–Crippen MR) is 130 cm³/mol. The molecule has 0 saturated carbocycles. The molecular weight excluding hydrogens is 470 g/mol. The number of benzene rings is 3. The Labute approximate surface area is 207 Å². The van der Waals surface area contributed by atoms with E-state index in [1.54, 1.807) is 60.7 Å². The van der Waals surface area contributed by atoms with Crippen LogP contribution in [0.2, 0.25) is 5.02 Å². The van der Waals surface area contributed by atoms with Crippen LogP contribution in [0, 0.1) is 0 Å². The summed E-state index contributed by atoms with van der Waals surface area (Å²) in [5, 5.41) is 1.28. The number of hydrogen-bond acceptors (Lipinski definition) is 5. The second-order valence-corrected chi connectivity index (χ2v) is 8.28. The van der Waals surface area contributed by atoms with Crippen LogP contribution in [0.4, 0.5) is 5.69 Å². The fourth-order valence-corrected chi connectivity index (χ4v) is 4.07. The number of para-hydroxylation sites is 1. The Morgan fingerprint density at radius 2 is 1.74 bits per heavy atom. The zero-order chi connectivity index (χ0) is 24.9. The van der Waals surface area contributed by atoms with Crippen molar-refractivity contribution >= 4 is 40.9 Å². The minimum absolute atomic E-state index is 0.0244. The van der Waals surface area contributed by atoms with Crippen molar-refractivity contribution in [2.75, 3.05) is 12.0 Å². The first kappa shape index (κ1) is 24.0. The summed E-state index contributed by atoms with van der Waals surface area (Å²) in [4.78, 5) is 53.7. The summed E-state index contributed by atoms with van der Waals surface area (Å²) in [5.41, 5.74) is 3.70. The molecule has 0 spiro atoms. The topological polar surface area (TPSA) is 96.0 Å².